The van der Waals surface area contributed by atoms with Crippen LogP contribution >= 0.6 is 23.5 Å². The molecule has 0 saturated heterocycles. The molecule has 0 aliphatic carbocycles. The molecule has 1 heterocycles. The predicted molar refractivity (Wildman–Crippen MR) is 55.4 cm³/mol. The van der Waals surface area contributed by atoms with Crippen LogP contribution in [0.15, 0.2) is 23.4 Å². The van der Waals surface area contributed by atoms with E-state index in [1.54, 1.807) is 30.1 Å². The summed E-state index contributed by atoms with van der Waals surface area (Å²) in [5.74, 6) is -0.920. The lowest BCUT2D eigenvalue weighted by Crippen LogP contribution is -2.00. The second kappa shape index (κ2) is 5.14. The van der Waals surface area contributed by atoms with E-state index in [0.29, 0.717) is 5.03 Å². The van der Waals surface area contributed by atoms with Crippen molar-refractivity contribution >= 4 is 29.5 Å². The first-order valence-electron chi connectivity index (χ1n) is 3.55. The lowest BCUT2D eigenvalue weighted by atomic mass is 10.3. The van der Waals surface area contributed by atoms with Crippen LogP contribution in [-0.2, 0) is 0 Å². The van der Waals surface area contributed by atoms with E-state index in [0.717, 1.165) is 5.08 Å². The number of carbonyl (C=O) groups is 1. The lowest BCUT2D eigenvalue weighted by molar-refractivity contribution is 0.0692. The van der Waals surface area contributed by atoms with Crippen molar-refractivity contribution in [2.24, 2.45) is 0 Å². The van der Waals surface area contributed by atoms with Gasteiger partial charge in [0.25, 0.3) is 0 Å². The number of carboxylic acids is 1. The Morgan fingerprint density at radius 1 is 1.69 bits per heavy atom. The van der Waals surface area contributed by atoms with Gasteiger partial charge in [-0.3, -0.25) is 0 Å². The van der Waals surface area contributed by atoms with Crippen LogP contribution < -0.4 is 0 Å². The second-order valence-corrected chi connectivity index (χ2v) is 4.41. The summed E-state index contributed by atoms with van der Waals surface area (Å²) in [6.45, 7) is 0. The molecule has 0 bridgehead atoms. The molecule has 70 valence electrons. The molecule has 13 heavy (non-hydrogen) atoms. The largest absolute Gasteiger partial charge is 0.478 e. The summed E-state index contributed by atoms with van der Waals surface area (Å²) >= 11 is 3.09. The normalized spacial score (nSPS) is 9.92. The standard InChI is InChI=1S/C8H9NO2S2/c1-12-5-13-7-6(8(10)11)3-2-4-9-7/h2-4H,5H2,1H3,(H,10,11). The summed E-state index contributed by atoms with van der Waals surface area (Å²) < 4.78 is 0. The highest BCUT2D eigenvalue weighted by atomic mass is 32.2. The van der Waals surface area contributed by atoms with E-state index >= 15 is 0 Å². The molecule has 3 nitrogen and oxygen atoms in total. The summed E-state index contributed by atoms with van der Waals surface area (Å²) in [5.41, 5.74) is 0.279. The zero-order valence-corrected chi connectivity index (χ0v) is 8.69. The number of carboxylic acid groups (broad SMARTS) is 1. The maximum Gasteiger partial charge on any atom is 0.338 e. The third-order valence-electron chi connectivity index (χ3n) is 1.32. The lowest BCUT2D eigenvalue weighted by Gasteiger charge is -2.01. The fourth-order valence-electron chi connectivity index (χ4n) is 0.783. The van der Waals surface area contributed by atoms with Gasteiger partial charge in [-0.2, -0.15) is 11.8 Å². The van der Waals surface area contributed by atoms with Crippen LogP contribution in [0.1, 0.15) is 10.4 Å². The Kier molecular flexibility index (Phi) is 4.11. The molecule has 1 aromatic heterocycles. The summed E-state index contributed by atoms with van der Waals surface area (Å²) in [7, 11) is 0. The highest BCUT2D eigenvalue weighted by Crippen LogP contribution is 2.22. The minimum absolute atomic E-state index is 0.279. The number of rotatable bonds is 4. The Bertz CT molecular complexity index is 304. The molecule has 1 aromatic rings. The molecule has 0 radical (unpaired) electrons. The minimum Gasteiger partial charge on any atom is -0.478 e. The van der Waals surface area contributed by atoms with Crippen LogP contribution in [0.2, 0.25) is 0 Å². The molecular weight excluding hydrogens is 206 g/mol. The van der Waals surface area contributed by atoms with Crippen LogP contribution in [-0.4, -0.2) is 27.4 Å². The zero-order valence-electron chi connectivity index (χ0n) is 7.06. The van der Waals surface area contributed by atoms with Crippen molar-refractivity contribution in [2.45, 2.75) is 5.03 Å². The average Bonchev–Trinajstić information content (AvgIpc) is 2.15. The van der Waals surface area contributed by atoms with Crippen LogP contribution in [0.5, 0.6) is 0 Å². The fourth-order valence-corrected chi connectivity index (χ4v) is 2.15. The van der Waals surface area contributed by atoms with Gasteiger partial charge in [-0.15, -0.1) is 0 Å². The molecule has 0 saturated carbocycles. The second-order valence-electron chi connectivity index (χ2n) is 2.21. The van der Waals surface area contributed by atoms with Gasteiger partial charge in [-0.1, -0.05) is 11.8 Å². The van der Waals surface area contributed by atoms with Crippen molar-refractivity contribution in [1.29, 1.82) is 0 Å². The van der Waals surface area contributed by atoms with E-state index in [1.165, 1.54) is 11.8 Å². The number of nitrogens with zero attached hydrogens (tertiary/aromatic N) is 1. The molecule has 5 heteroatoms. The molecule has 1 rings (SSSR count). The molecule has 0 amide bonds. The van der Waals surface area contributed by atoms with Crippen molar-refractivity contribution in [3.05, 3.63) is 23.9 Å². The maximum atomic E-state index is 10.7. The Morgan fingerprint density at radius 3 is 3.08 bits per heavy atom. The number of pyridine rings is 1. The van der Waals surface area contributed by atoms with E-state index in [2.05, 4.69) is 4.98 Å². The minimum atomic E-state index is -0.920. The number of hydrogen-bond acceptors (Lipinski definition) is 4. The number of thioether (sulfide) groups is 2. The van der Waals surface area contributed by atoms with E-state index in [-0.39, 0.29) is 5.56 Å². The maximum absolute atomic E-state index is 10.7. The van der Waals surface area contributed by atoms with Gasteiger partial charge in [0.2, 0.25) is 0 Å². The highest BCUT2D eigenvalue weighted by Gasteiger charge is 2.09. The quantitative estimate of drug-likeness (QED) is 0.616. The van der Waals surface area contributed by atoms with Gasteiger partial charge in [-0.05, 0) is 18.4 Å². The van der Waals surface area contributed by atoms with E-state index in [1.807, 2.05) is 6.26 Å². The number of aromatic carboxylic acids is 1. The number of aromatic nitrogens is 1. The first-order valence-corrected chi connectivity index (χ1v) is 5.93. The van der Waals surface area contributed by atoms with Gasteiger partial charge in [0, 0.05) is 11.3 Å². The van der Waals surface area contributed by atoms with Gasteiger partial charge < -0.3 is 5.11 Å². The van der Waals surface area contributed by atoms with E-state index in [9.17, 15) is 4.79 Å². The monoisotopic (exact) mass is 215 g/mol. The zero-order chi connectivity index (χ0) is 9.68. The third-order valence-corrected chi connectivity index (χ3v) is 3.33. The Hall–Kier alpha value is -0.680. The van der Waals surface area contributed by atoms with Crippen LogP contribution in [0.25, 0.3) is 0 Å². The first-order chi connectivity index (χ1) is 6.25. The summed E-state index contributed by atoms with van der Waals surface area (Å²) in [6.07, 6.45) is 3.57. The Labute approximate surface area is 84.9 Å². The van der Waals surface area contributed by atoms with Crippen molar-refractivity contribution in [2.75, 3.05) is 11.3 Å². The van der Waals surface area contributed by atoms with Crippen molar-refractivity contribution in [1.82, 2.24) is 4.98 Å². The van der Waals surface area contributed by atoms with Gasteiger partial charge in [0.05, 0.1) is 5.56 Å². The Balaban J connectivity index is 2.84. The predicted octanol–water partition coefficient (Wildman–Crippen LogP) is 2.19. The first kappa shape index (κ1) is 10.4. The van der Waals surface area contributed by atoms with Crippen molar-refractivity contribution in [3.8, 4) is 0 Å². The van der Waals surface area contributed by atoms with Crippen LogP contribution in [0.4, 0.5) is 0 Å². The summed E-state index contributed by atoms with van der Waals surface area (Å²) in [4.78, 5) is 14.7. The van der Waals surface area contributed by atoms with Gasteiger partial charge in [0.1, 0.15) is 5.03 Å². The average molecular weight is 215 g/mol. The van der Waals surface area contributed by atoms with Gasteiger partial charge >= 0.3 is 5.97 Å². The molecule has 1 N–H and O–H groups in total. The molecule has 0 fully saturated rings. The molecular formula is C8H9NO2S2. The van der Waals surface area contributed by atoms with Crippen LogP contribution in [0, 0.1) is 0 Å². The SMILES string of the molecule is CSCSc1ncccc1C(=O)O. The topological polar surface area (TPSA) is 50.2 Å². The number of hydrogen-bond donors (Lipinski definition) is 1. The van der Waals surface area contributed by atoms with Crippen molar-refractivity contribution < 1.29 is 9.90 Å². The third kappa shape index (κ3) is 2.93. The molecule has 0 aliphatic rings. The highest BCUT2D eigenvalue weighted by molar-refractivity contribution is 8.15. The molecule has 0 atom stereocenters. The van der Waals surface area contributed by atoms with Crippen molar-refractivity contribution in [3.63, 3.8) is 0 Å². The smallest absolute Gasteiger partial charge is 0.338 e. The van der Waals surface area contributed by atoms with Gasteiger partial charge in [0.15, 0.2) is 0 Å². The molecule has 0 aromatic carbocycles. The van der Waals surface area contributed by atoms with E-state index < -0.39 is 5.97 Å². The summed E-state index contributed by atoms with van der Waals surface area (Å²) in [6, 6.07) is 3.20. The molecule has 0 aliphatic heterocycles. The fraction of sp³-hybridized carbons (Fsp3) is 0.250. The van der Waals surface area contributed by atoms with E-state index in [4.69, 9.17) is 5.11 Å². The molecule has 0 unspecified atom stereocenters. The summed E-state index contributed by atoms with van der Waals surface area (Å²) in [5, 5.41) is 10.2. The van der Waals surface area contributed by atoms with Crippen LogP contribution in [0.3, 0.4) is 0 Å². The van der Waals surface area contributed by atoms with Gasteiger partial charge in [-0.25, -0.2) is 9.78 Å². The molecule has 0 spiro atoms. The Morgan fingerprint density at radius 2 is 2.46 bits per heavy atom.